The maximum absolute atomic E-state index is 12.8. The molecule has 0 radical (unpaired) electrons. The molecule has 0 unspecified atom stereocenters. The van der Waals surface area contributed by atoms with Gasteiger partial charge in [-0.05, 0) is 24.3 Å². The number of aromatic nitrogens is 2. The second kappa shape index (κ2) is 3.91. The Morgan fingerprint density at radius 2 is 2.13 bits per heavy atom. The molecule has 0 fully saturated rings. The summed E-state index contributed by atoms with van der Waals surface area (Å²) in [4.78, 5) is 10.7. The monoisotopic (exact) mass is 205 g/mol. The molecule has 1 aromatic heterocycles. The molecule has 0 amide bonds. The molecule has 2 N–H and O–H groups in total. The highest BCUT2D eigenvalue weighted by atomic mass is 19.1. The van der Waals surface area contributed by atoms with E-state index >= 15 is 0 Å². The standard InChI is InChI=1S/C10H8FN3O/c11-7-2-1-3-8(6-7)12-9-4-5-10(15)14-13-9/h1-6H,(H,12,13)(H,14,15). The van der Waals surface area contributed by atoms with E-state index in [4.69, 9.17) is 0 Å². The lowest BCUT2D eigenvalue weighted by molar-refractivity contribution is 0.628. The summed E-state index contributed by atoms with van der Waals surface area (Å²) in [6.45, 7) is 0. The molecule has 5 heteroatoms. The highest BCUT2D eigenvalue weighted by molar-refractivity contribution is 5.55. The summed E-state index contributed by atoms with van der Waals surface area (Å²) in [6.07, 6.45) is 0. The lowest BCUT2D eigenvalue weighted by Gasteiger charge is -2.03. The Bertz CT molecular complexity index is 504. The van der Waals surface area contributed by atoms with E-state index in [1.54, 1.807) is 12.1 Å². The molecule has 0 saturated carbocycles. The summed E-state index contributed by atoms with van der Waals surface area (Å²) >= 11 is 0. The zero-order chi connectivity index (χ0) is 10.7. The van der Waals surface area contributed by atoms with Crippen LogP contribution in [-0.4, -0.2) is 10.2 Å². The zero-order valence-electron chi connectivity index (χ0n) is 7.70. The van der Waals surface area contributed by atoms with Gasteiger partial charge in [0.05, 0.1) is 0 Å². The third-order valence-electron chi connectivity index (χ3n) is 1.78. The van der Waals surface area contributed by atoms with Gasteiger partial charge in [-0.3, -0.25) is 4.79 Å². The molecule has 76 valence electrons. The molecule has 0 bridgehead atoms. The van der Waals surface area contributed by atoms with Crippen molar-refractivity contribution in [2.45, 2.75) is 0 Å². The number of anilines is 2. The van der Waals surface area contributed by atoms with E-state index in [1.807, 2.05) is 0 Å². The molecule has 0 aliphatic heterocycles. The van der Waals surface area contributed by atoms with E-state index < -0.39 is 0 Å². The van der Waals surface area contributed by atoms with Crippen LogP contribution in [0.4, 0.5) is 15.9 Å². The van der Waals surface area contributed by atoms with Gasteiger partial charge in [0.15, 0.2) is 5.82 Å². The molecule has 0 aliphatic rings. The van der Waals surface area contributed by atoms with E-state index in [2.05, 4.69) is 15.5 Å². The summed E-state index contributed by atoms with van der Waals surface area (Å²) in [5.74, 6) is 0.129. The number of nitrogens with one attached hydrogen (secondary N) is 2. The van der Waals surface area contributed by atoms with Crippen LogP contribution in [0.25, 0.3) is 0 Å². The van der Waals surface area contributed by atoms with E-state index in [0.717, 1.165) is 0 Å². The van der Waals surface area contributed by atoms with Crippen molar-refractivity contribution in [3.05, 3.63) is 52.6 Å². The maximum atomic E-state index is 12.8. The molecule has 4 nitrogen and oxygen atoms in total. The van der Waals surface area contributed by atoms with Gasteiger partial charge in [-0.25, -0.2) is 9.49 Å². The third-order valence-corrected chi connectivity index (χ3v) is 1.78. The average Bonchev–Trinajstić information content (AvgIpc) is 2.22. The fraction of sp³-hybridized carbons (Fsp3) is 0. The van der Waals surface area contributed by atoms with Crippen LogP contribution in [0.1, 0.15) is 0 Å². The molecule has 0 spiro atoms. The number of aromatic amines is 1. The largest absolute Gasteiger partial charge is 0.339 e. The van der Waals surface area contributed by atoms with Crippen LogP contribution in [-0.2, 0) is 0 Å². The number of nitrogens with zero attached hydrogens (tertiary/aromatic N) is 1. The number of halogens is 1. The van der Waals surface area contributed by atoms with Gasteiger partial charge in [-0.2, -0.15) is 5.10 Å². The lowest BCUT2D eigenvalue weighted by atomic mass is 10.3. The fourth-order valence-corrected chi connectivity index (χ4v) is 1.13. The van der Waals surface area contributed by atoms with Gasteiger partial charge in [0.2, 0.25) is 0 Å². The van der Waals surface area contributed by atoms with Gasteiger partial charge in [-0.15, -0.1) is 0 Å². The Hall–Kier alpha value is -2.17. The highest BCUT2D eigenvalue weighted by Gasteiger charge is 1.96. The van der Waals surface area contributed by atoms with E-state index in [0.29, 0.717) is 11.5 Å². The molecule has 0 aliphatic carbocycles. The van der Waals surface area contributed by atoms with Crippen molar-refractivity contribution >= 4 is 11.5 Å². The van der Waals surface area contributed by atoms with Crippen molar-refractivity contribution in [1.29, 1.82) is 0 Å². The summed E-state index contributed by atoms with van der Waals surface area (Å²) in [6, 6.07) is 8.84. The topological polar surface area (TPSA) is 57.8 Å². The van der Waals surface area contributed by atoms with Gasteiger partial charge < -0.3 is 5.32 Å². The average molecular weight is 205 g/mol. The Balaban J connectivity index is 2.22. The van der Waals surface area contributed by atoms with Crippen molar-refractivity contribution < 1.29 is 4.39 Å². The van der Waals surface area contributed by atoms with Crippen LogP contribution >= 0.6 is 0 Å². The Morgan fingerprint density at radius 1 is 1.27 bits per heavy atom. The quantitative estimate of drug-likeness (QED) is 0.783. The Kier molecular flexibility index (Phi) is 2.45. The van der Waals surface area contributed by atoms with Crippen LogP contribution in [0.2, 0.25) is 0 Å². The summed E-state index contributed by atoms with van der Waals surface area (Å²) in [5, 5.41) is 8.86. The first kappa shape index (κ1) is 9.39. The number of rotatable bonds is 2. The number of benzene rings is 1. The minimum Gasteiger partial charge on any atom is -0.339 e. The van der Waals surface area contributed by atoms with Gasteiger partial charge in [0.25, 0.3) is 5.56 Å². The number of hydrogen-bond donors (Lipinski definition) is 2. The first-order chi connectivity index (χ1) is 7.24. The Labute approximate surface area is 84.8 Å². The summed E-state index contributed by atoms with van der Waals surface area (Å²) in [7, 11) is 0. The van der Waals surface area contributed by atoms with Crippen LogP contribution < -0.4 is 10.9 Å². The second-order valence-corrected chi connectivity index (χ2v) is 2.94. The lowest BCUT2D eigenvalue weighted by Crippen LogP contribution is -2.07. The SMILES string of the molecule is O=c1ccc(Nc2cccc(F)c2)n[nH]1. The zero-order valence-corrected chi connectivity index (χ0v) is 7.70. The molecule has 15 heavy (non-hydrogen) atoms. The minimum atomic E-state index is -0.329. The third kappa shape index (κ3) is 2.40. The van der Waals surface area contributed by atoms with Crippen LogP contribution in [0.15, 0.2) is 41.2 Å². The maximum Gasteiger partial charge on any atom is 0.264 e. The molecule has 1 heterocycles. The predicted molar refractivity (Wildman–Crippen MR) is 54.5 cm³/mol. The predicted octanol–water partition coefficient (Wildman–Crippen LogP) is 1.65. The number of H-pyrrole nitrogens is 1. The smallest absolute Gasteiger partial charge is 0.264 e. The van der Waals surface area contributed by atoms with E-state index in [-0.39, 0.29) is 11.4 Å². The van der Waals surface area contributed by atoms with E-state index in [9.17, 15) is 9.18 Å². The summed E-state index contributed by atoms with van der Waals surface area (Å²) in [5.41, 5.74) is 0.300. The molecule has 2 rings (SSSR count). The molecular weight excluding hydrogens is 197 g/mol. The van der Waals surface area contributed by atoms with Gasteiger partial charge in [0.1, 0.15) is 5.82 Å². The van der Waals surface area contributed by atoms with Gasteiger partial charge in [0, 0.05) is 11.8 Å². The van der Waals surface area contributed by atoms with Crippen LogP contribution in [0.3, 0.4) is 0 Å². The molecule has 2 aromatic rings. The number of hydrogen-bond acceptors (Lipinski definition) is 3. The minimum absolute atomic E-state index is 0.278. The first-order valence-corrected chi connectivity index (χ1v) is 4.32. The Morgan fingerprint density at radius 3 is 2.80 bits per heavy atom. The van der Waals surface area contributed by atoms with Crippen molar-refractivity contribution in [2.75, 3.05) is 5.32 Å². The van der Waals surface area contributed by atoms with Crippen molar-refractivity contribution in [1.82, 2.24) is 10.2 Å². The molecule has 0 saturated heterocycles. The van der Waals surface area contributed by atoms with Crippen LogP contribution in [0.5, 0.6) is 0 Å². The van der Waals surface area contributed by atoms with E-state index in [1.165, 1.54) is 24.3 Å². The van der Waals surface area contributed by atoms with Crippen molar-refractivity contribution in [2.24, 2.45) is 0 Å². The second-order valence-electron chi connectivity index (χ2n) is 2.94. The molecular formula is C10H8FN3O. The van der Waals surface area contributed by atoms with Crippen LogP contribution in [0, 0.1) is 5.82 Å². The summed E-state index contributed by atoms with van der Waals surface area (Å²) < 4.78 is 12.8. The molecule has 1 aromatic carbocycles. The normalized spacial score (nSPS) is 9.93. The fourth-order valence-electron chi connectivity index (χ4n) is 1.13. The van der Waals surface area contributed by atoms with Crippen molar-refractivity contribution in [3.8, 4) is 0 Å². The molecule has 0 atom stereocenters. The van der Waals surface area contributed by atoms with Gasteiger partial charge in [-0.1, -0.05) is 6.07 Å². The van der Waals surface area contributed by atoms with Crippen molar-refractivity contribution in [3.63, 3.8) is 0 Å². The van der Waals surface area contributed by atoms with Gasteiger partial charge >= 0.3 is 0 Å². The first-order valence-electron chi connectivity index (χ1n) is 4.32. The highest BCUT2D eigenvalue weighted by Crippen LogP contribution is 2.13.